The fourth-order valence-electron chi connectivity index (χ4n) is 1.63. The van der Waals surface area contributed by atoms with Crippen LogP contribution in [0.1, 0.15) is 11.1 Å². The van der Waals surface area contributed by atoms with E-state index in [0.29, 0.717) is 15.8 Å². The zero-order chi connectivity index (χ0) is 15.4. The monoisotopic (exact) mass is 356 g/mol. The third kappa shape index (κ3) is 3.69. The molecule has 4 nitrogen and oxygen atoms in total. The highest BCUT2D eigenvalue weighted by molar-refractivity contribution is 9.10. The standard InChI is InChI=1S/C14H11BrF2N2O2/c15-11-6-10(16)3-4-13(11)21-7-9-2-1-8(5-12(9)17)14(18)19-20/h1-6,20H,7H2,(H2,18,19). The largest absolute Gasteiger partial charge is 0.488 e. The highest BCUT2D eigenvalue weighted by Gasteiger charge is 2.09. The second-order valence-corrected chi connectivity index (χ2v) is 5.01. The Morgan fingerprint density at radius 2 is 2.00 bits per heavy atom. The first-order valence-electron chi connectivity index (χ1n) is 5.85. The van der Waals surface area contributed by atoms with Crippen LogP contribution in [0.5, 0.6) is 5.75 Å². The molecular weight excluding hydrogens is 346 g/mol. The quantitative estimate of drug-likeness (QED) is 0.381. The minimum Gasteiger partial charge on any atom is -0.488 e. The molecule has 0 atom stereocenters. The van der Waals surface area contributed by atoms with Crippen LogP contribution in [0.15, 0.2) is 46.0 Å². The Labute approximate surface area is 128 Å². The first kappa shape index (κ1) is 15.2. The molecule has 3 N–H and O–H groups in total. The number of ether oxygens (including phenoxy) is 1. The number of amidine groups is 1. The summed E-state index contributed by atoms with van der Waals surface area (Å²) < 4.78 is 32.7. The molecule has 0 spiro atoms. The van der Waals surface area contributed by atoms with Crippen molar-refractivity contribution in [1.82, 2.24) is 0 Å². The fourth-order valence-corrected chi connectivity index (χ4v) is 2.09. The highest BCUT2D eigenvalue weighted by atomic mass is 79.9. The van der Waals surface area contributed by atoms with Crippen molar-refractivity contribution in [2.45, 2.75) is 6.61 Å². The summed E-state index contributed by atoms with van der Waals surface area (Å²) in [7, 11) is 0. The molecule has 0 amide bonds. The molecule has 110 valence electrons. The van der Waals surface area contributed by atoms with Crippen molar-refractivity contribution < 1.29 is 18.7 Å². The molecule has 21 heavy (non-hydrogen) atoms. The summed E-state index contributed by atoms with van der Waals surface area (Å²) >= 11 is 3.16. The molecule has 0 fully saturated rings. The molecule has 2 aromatic carbocycles. The molecule has 7 heteroatoms. The van der Waals surface area contributed by atoms with Gasteiger partial charge in [-0.05, 0) is 40.2 Å². The Balaban J connectivity index is 2.13. The van der Waals surface area contributed by atoms with E-state index in [2.05, 4.69) is 21.1 Å². The summed E-state index contributed by atoms with van der Waals surface area (Å²) in [6.45, 7) is -0.0352. The van der Waals surface area contributed by atoms with Crippen LogP contribution in [0.25, 0.3) is 0 Å². The lowest BCUT2D eigenvalue weighted by atomic mass is 10.1. The van der Waals surface area contributed by atoms with Crippen molar-refractivity contribution in [3.63, 3.8) is 0 Å². The first-order chi connectivity index (χ1) is 10.0. The van der Waals surface area contributed by atoms with Gasteiger partial charge in [-0.25, -0.2) is 8.78 Å². The number of oxime groups is 1. The predicted molar refractivity (Wildman–Crippen MR) is 77.3 cm³/mol. The second kappa shape index (κ2) is 6.53. The lowest BCUT2D eigenvalue weighted by molar-refractivity contribution is 0.297. The van der Waals surface area contributed by atoms with Crippen LogP contribution in [0, 0.1) is 11.6 Å². The molecule has 0 saturated heterocycles. The molecule has 0 saturated carbocycles. The molecule has 0 bridgehead atoms. The second-order valence-electron chi connectivity index (χ2n) is 4.15. The maximum atomic E-state index is 13.9. The van der Waals surface area contributed by atoms with Gasteiger partial charge in [0, 0.05) is 11.1 Å². The number of nitrogens with two attached hydrogens (primary N) is 1. The summed E-state index contributed by atoms with van der Waals surface area (Å²) in [5.41, 5.74) is 5.93. The number of hydrogen-bond acceptors (Lipinski definition) is 3. The third-order valence-electron chi connectivity index (χ3n) is 2.73. The van der Waals surface area contributed by atoms with Crippen molar-refractivity contribution in [3.05, 3.63) is 63.6 Å². The lowest BCUT2D eigenvalue weighted by Gasteiger charge is -2.09. The molecular formula is C14H11BrF2N2O2. The Hall–Kier alpha value is -2.15. The van der Waals surface area contributed by atoms with E-state index in [0.717, 1.165) is 6.07 Å². The van der Waals surface area contributed by atoms with Crippen molar-refractivity contribution >= 4 is 21.8 Å². The van der Waals surface area contributed by atoms with E-state index in [1.807, 2.05) is 0 Å². The van der Waals surface area contributed by atoms with Gasteiger partial charge in [-0.2, -0.15) is 0 Å². The van der Waals surface area contributed by atoms with E-state index < -0.39 is 11.6 Å². The maximum Gasteiger partial charge on any atom is 0.170 e. The van der Waals surface area contributed by atoms with Crippen molar-refractivity contribution in [1.29, 1.82) is 0 Å². The van der Waals surface area contributed by atoms with E-state index in [9.17, 15) is 8.78 Å². The van der Waals surface area contributed by atoms with Gasteiger partial charge in [0.25, 0.3) is 0 Å². The summed E-state index contributed by atoms with van der Waals surface area (Å²) in [6.07, 6.45) is 0. The van der Waals surface area contributed by atoms with Crippen molar-refractivity contribution in [2.24, 2.45) is 10.9 Å². The van der Waals surface area contributed by atoms with Crippen LogP contribution in [0.3, 0.4) is 0 Å². The zero-order valence-corrected chi connectivity index (χ0v) is 12.3. The van der Waals surface area contributed by atoms with Crippen molar-refractivity contribution in [2.75, 3.05) is 0 Å². The van der Waals surface area contributed by atoms with Crippen LogP contribution >= 0.6 is 15.9 Å². The van der Waals surface area contributed by atoms with Gasteiger partial charge in [-0.3, -0.25) is 0 Å². The van der Waals surface area contributed by atoms with Gasteiger partial charge in [0.2, 0.25) is 0 Å². The van der Waals surface area contributed by atoms with Crippen molar-refractivity contribution in [3.8, 4) is 5.75 Å². The molecule has 0 radical (unpaired) electrons. The Morgan fingerprint density at radius 1 is 1.24 bits per heavy atom. The number of rotatable bonds is 4. The molecule has 0 heterocycles. The fraction of sp³-hybridized carbons (Fsp3) is 0.0714. The van der Waals surface area contributed by atoms with Crippen LogP contribution < -0.4 is 10.5 Å². The van der Waals surface area contributed by atoms with E-state index in [4.69, 9.17) is 15.7 Å². The molecule has 2 aromatic rings. The van der Waals surface area contributed by atoms with Gasteiger partial charge in [-0.1, -0.05) is 17.3 Å². The van der Waals surface area contributed by atoms with Crippen LogP contribution in [-0.4, -0.2) is 11.0 Å². The Bertz CT molecular complexity index is 693. The average Bonchev–Trinajstić information content (AvgIpc) is 2.46. The Kier molecular flexibility index (Phi) is 4.74. The maximum absolute atomic E-state index is 13.9. The Morgan fingerprint density at radius 3 is 2.62 bits per heavy atom. The first-order valence-corrected chi connectivity index (χ1v) is 6.64. The molecule has 0 aliphatic rings. The van der Waals surface area contributed by atoms with Crippen LogP contribution in [0.2, 0.25) is 0 Å². The SMILES string of the molecule is N/C(=N\O)c1ccc(COc2ccc(F)cc2Br)c(F)c1. The zero-order valence-electron chi connectivity index (χ0n) is 10.7. The van der Waals surface area contributed by atoms with Gasteiger partial charge in [0.1, 0.15) is 24.0 Å². The normalized spacial score (nSPS) is 11.5. The van der Waals surface area contributed by atoms with Gasteiger partial charge in [0.15, 0.2) is 5.84 Å². The number of nitrogens with zero attached hydrogens (tertiary/aromatic N) is 1. The average molecular weight is 357 g/mol. The summed E-state index contributed by atoms with van der Waals surface area (Å²) in [6, 6.07) is 8.08. The molecule has 0 aromatic heterocycles. The van der Waals surface area contributed by atoms with Gasteiger partial charge < -0.3 is 15.7 Å². The third-order valence-corrected chi connectivity index (χ3v) is 3.35. The van der Waals surface area contributed by atoms with E-state index in [-0.39, 0.29) is 18.0 Å². The van der Waals surface area contributed by atoms with Gasteiger partial charge in [-0.15, -0.1) is 0 Å². The molecule has 0 unspecified atom stereocenters. The molecule has 2 rings (SSSR count). The van der Waals surface area contributed by atoms with Gasteiger partial charge in [0.05, 0.1) is 4.47 Å². The van der Waals surface area contributed by atoms with Gasteiger partial charge >= 0.3 is 0 Å². The minimum atomic E-state index is -0.544. The van der Waals surface area contributed by atoms with Crippen LogP contribution in [0.4, 0.5) is 8.78 Å². The van der Waals surface area contributed by atoms with E-state index >= 15 is 0 Å². The number of benzene rings is 2. The lowest BCUT2D eigenvalue weighted by Crippen LogP contribution is -2.13. The predicted octanol–water partition coefficient (Wildman–Crippen LogP) is 3.40. The number of hydrogen-bond donors (Lipinski definition) is 2. The van der Waals surface area contributed by atoms with Crippen LogP contribution in [-0.2, 0) is 6.61 Å². The smallest absolute Gasteiger partial charge is 0.170 e. The highest BCUT2D eigenvalue weighted by Crippen LogP contribution is 2.26. The summed E-state index contributed by atoms with van der Waals surface area (Å²) in [5, 5.41) is 11.3. The van der Waals surface area contributed by atoms with E-state index in [1.54, 1.807) is 0 Å². The number of halogens is 3. The summed E-state index contributed by atoms with van der Waals surface area (Å²) in [5.74, 6) is -0.722. The molecule has 0 aliphatic carbocycles. The molecule has 0 aliphatic heterocycles. The summed E-state index contributed by atoms with van der Waals surface area (Å²) in [4.78, 5) is 0. The topological polar surface area (TPSA) is 67.8 Å². The van der Waals surface area contributed by atoms with E-state index in [1.165, 1.54) is 30.3 Å². The minimum absolute atomic E-state index is 0.0352.